The van der Waals surface area contributed by atoms with Gasteiger partial charge < -0.3 is 5.32 Å². The number of hydrogen-bond acceptors (Lipinski definition) is 5. The summed E-state index contributed by atoms with van der Waals surface area (Å²) in [5.74, 6) is -0.291. The highest BCUT2D eigenvalue weighted by Crippen LogP contribution is 2.15. The van der Waals surface area contributed by atoms with E-state index in [0.717, 1.165) is 0 Å². The topological polar surface area (TPSA) is 130 Å². The van der Waals surface area contributed by atoms with Crippen LogP contribution in [0.5, 0.6) is 0 Å². The standard InChI is InChI=1S/C20H22N4O5S/c1-2-13-30(28,29)23-15-9-7-14(8-10-15)21-18(25)11-12-24-17-6-4-3-5-16(17)19(26)22-20(24)27/h3-10,23H,2,11-13H2,1H3,(H,21,25)(H,22,26,27). The van der Waals surface area contributed by atoms with Crippen LogP contribution in [-0.4, -0.2) is 29.6 Å². The van der Waals surface area contributed by atoms with Crippen molar-refractivity contribution in [2.75, 3.05) is 15.8 Å². The van der Waals surface area contributed by atoms with E-state index in [2.05, 4.69) is 15.0 Å². The maximum absolute atomic E-state index is 12.3. The van der Waals surface area contributed by atoms with Crippen molar-refractivity contribution in [2.45, 2.75) is 26.3 Å². The van der Waals surface area contributed by atoms with Crippen molar-refractivity contribution in [1.82, 2.24) is 9.55 Å². The Morgan fingerprint density at radius 1 is 1.03 bits per heavy atom. The molecular formula is C20H22N4O5S. The first-order valence-corrected chi connectivity index (χ1v) is 11.1. The van der Waals surface area contributed by atoms with E-state index >= 15 is 0 Å². The number of carbonyl (C=O) groups is 1. The molecule has 0 fully saturated rings. The van der Waals surface area contributed by atoms with Crippen LogP contribution < -0.4 is 21.3 Å². The first-order valence-electron chi connectivity index (χ1n) is 9.41. The summed E-state index contributed by atoms with van der Waals surface area (Å²) in [5, 5.41) is 3.08. The van der Waals surface area contributed by atoms with Crippen molar-refractivity contribution in [3.8, 4) is 0 Å². The zero-order valence-corrected chi connectivity index (χ0v) is 17.2. The number of nitrogens with zero attached hydrogens (tertiary/aromatic N) is 1. The van der Waals surface area contributed by atoms with Crippen molar-refractivity contribution < 1.29 is 13.2 Å². The number of rotatable bonds is 8. The van der Waals surface area contributed by atoms with Gasteiger partial charge in [-0.3, -0.25) is 23.9 Å². The van der Waals surface area contributed by atoms with Gasteiger partial charge in [-0.15, -0.1) is 0 Å². The van der Waals surface area contributed by atoms with Gasteiger partial charge in [-0.2, -0.15) is 0 Å². The summed E-state index contributed by atoms with van der Waals surface area (Å²) in [6, 6.07) is 13.0. The van der Waals surface area contributed by atoms with Crippen LogP contribution in [0.4, 0.5) is 11.4 Å². The van der Waals surface area contributed by atoms with Gasteiger partial charge in [0.2, 0.25) is 15.9 Å². The lowest BCUT2D eigenvalue weighted by Gasteiger charge is -2.11. The smallest absolute Gasteiger partial charge is 0.326 e. The highest BCUT2D eigenvalue weighted by molar-refractivity contribution is 7.92. The van der Waals surface area contributed by atoms with E-state index < -0.39 is 21.3 Å². The Hall–Kier alpha value is -3.40. The van der Waals surface area contributed by atoms with Crippen LogP contribution in [0.3, 0.4) is 0 Å². The number of aromatic nitrogens is 2. The van der Waals surface area contributed by atoms with Gasteiger partial charge in [0.15, 0.2) is 0 Å². The van der Waals surface area contributed by atoms with Crippen molar-refractivity contribution in [3.63, 3.8) is 0 Å². The van der Waals surface area contributed by atoms with E-state index in [9.17, 15) is 22.8 Å². The Labute approximate surface area is 172 Å². The number of H-pyrrole nitrogens is 1. The van der Waals surface area contributed by atoms with Crippen molar-refractivity contribution in [1.29, 1.82) is 0 Å². The Bertz CT molecular complexity index is 1280. The molecule has 1 heterocycles. The van der Waals surface area contributed by atoms with Gasteiger partial charge >= 0.3 is 5.69 Å². The third-order valence-corrected chi connectivity index (χ3v) is 5.87. The van der Waals surface area contributed by atoms with Gasteiger partial charge in [-0.05, 0) is 42.8 Å². The second-order valence-electron chi connectivity index (χ2n) is 6.72. The van der Waals surface area contributed by atoms with Gasteiger partial charge in [0, 0.05) is 24.3 Å². The predicted octanol–water partition coefficient (Wildman–Crippen LogP) is 1.87. The molecule has 9 nitrogen and oxygen atoms in total. The minimum Gasteiger partial charge on any atom is -0.326 e. The maximum Gasteiger partial charge on any atom is 0.328 e. The molecule has 0 radical (unpaired) electrons. The van der Waals surface area contributed by atoms with E-state index in [4.69, 9.17) is 0 Å². The predicted molar refractivity (Wildman–Crippen MR) is 116 cm³/mol. The molecule has 1 aromatic heterocycles. The minimum absolute atomic E-state index is 0.0147. The number of sulfonamides is 1. The molecule has 0 aliphatic heterocycles. The lowest BCUT2D eigenvalue weighted by Crippen LogP contribution is -2.31. The summed E-state index contributed by atoms with van der Waals surface area (Å²) >= 11 is 0. The molecule has 0 aliphatic carbocycles. The Kier molecular flexibility index (Phi) is 6.36. The second kappa shape index (κ2) is 8.95. The first-order chi connectivity index (χ1) is 14.3. The van der Waals surface area contributed by atoms with Crippen LogP contribution in [0.25, 0.3) is 10.9 Å². The quantitative estimate of drug-likeness (QED) is 0.502. The van der Waals surface area contributed by atoms with Gasteiger partial charge in [0.1, 0.15) is 0 Å². The molecule has 3 rings (SSSR count). The summed E-state index contributed by atoms with van der Waals surface area (Å²) in [4.78, 5) is 38.6. The normalized spacial score (nSPS) is 11.4. The third-order valence-electron chi connectivity index (χ3n) is 4.38. The Morgan fingerprint density at radius 3 is 2.40 bits per heavy atom. The maximum atomic E-state index is 12.3. The van der Waals surface area contributed by atoms with E-state index in [0.29, 0.717) is 28.7 Å². The fourth-order valence-electron chi connectivity index (χ4n) is 3.02. The number of nitrogens with one attached hydrogen (secondary N) is 3. The van der Waals surface area contributed by atoms with Crippen LogP contribution >= 0.6 is 0 Å². The van der Waals surface area contributed by atoms with Crippen LogP contribution in [0.2, 0.25) is 0 Å². The van der Waals surface area contributed by atoms with Gasteiger partial charge in [0.25, 0.3) is 5.56 Å². The highest BCUT2D eigenvalue weighted by atomic mass is 32.2. The highest BCUT2D eigenvalue weighted by Gasteiger charge is 2.11. The molecule has 0 aliphatic rings. The summed E-state index contributed by atoms with van der Waals surface area (Å²) in [5.41, 5.74) is 0.328. The summed E-state index contributed by atoms with van der Waals surface area (Å²) < 4.78 is 27.4. The van der Waals surface area contributed by atoms with Gasteiger partial charge in [-0.1, -0.05) is 19.1 Å². The van der Waals surface area contributed by atoms with Crippen LogP contribution in [0.15, 0.2) is 58.1 Å². The zero-order valence-electron chi connectivity index (χ0n) is 16.3. The molecule has 0 saturated heterocycles. The fourth-order valence-corrected chi connectivity index (χ4v) is 4.16. The summed E-state index contributed by atoms with van der Waals surface area (Å²) in [7, 11) is -3.38. The molecule has 158 valence electrons. The molecule has 0 bridgehead atoms. The molecule has 3 N–H and O–H groups in total. The van der Waals surface area contributed by atoms with Crippen LogP contribution in [-0.2, 0) is 21.4 Å². The number of aromatic amines is 1. The largest absolute Gasteiger partial charge is 0.328 e. The van der Waals surface area contributed by atoms with E-state index in [1.54, 1.807) is 55.5 Å². The van der Waals surface area contributed by atoms with Gasteiger partial charge in [0.05, 0.1) is 16.7 Å². The van der Waals surface area contributed by atoms with Crippen molar-refractivity contribution in [2.24, 2.45) is 0 Å². The number of carbonyl (C=O) groups excluding carboxylic acids is 1. The number of hydrogen-bond donors (Lipinski definition) is 3. The molecule has 2 aromatic carbocycles. The molecule has 0 unspecified atom stereocenters. The van der Waals surface area contributed by atoms with Gasteiger partial charge in [-0.25, -0.2) is 13.2 Å². The zero-order chi connectivity index (χ0) is 21.7. The lowest BCUT2D eigenvalue weighted by molar-refractivity contribution is -0.116. The van der Waals surface area contributed by atoms with Crippen molar-refractivity contribution in [3.05, 3.63) is 69.4 Å². The Balaban J connectivity index is 1.65. The molecule has 0 spiro atoms. The molecule has 10 heteroatoms. The SMILES string of the molecule is CCCS(=O)(=O)Nc1ccc(NC(=O)CCn2c(=O)[nH]c(=O)c3ccccc32)cc1. The monoisotopic (exact) mass is 430 g/mol. The number of para-hydroxylation sites is 1. The molecule has 0 atom stereocenters. The van der Waals surface area contributed by atoms with E-state index in [1.165, 1.54) is 4.57 Å². The molecule has 0 saturated carbocycles. The average molecular weight is 430 g/mol. The summed E-state index contributed by atoms with van der Waals surface area (Å²) in [6.07, 6.45) is 0.526. The van der Waals surface area contributed by atoms with E-state index in [-0.39, 0.29) is 24.6 Å². The second-order valence-corrected chi connectivity index (χ2v) is 8.57. The average Bonchev–Trinajstić information content (AvgIpc) is 2.69. The summed E-state index contributed by atoms with van der Waals surface area (Å²) in [6.45, 7) is 1.87. The number of anilines is 2. The fraction of sp³-hybridized carbons (Fsp3) is 0.250. The van der Waals surface area contributed by atoms with Crippen LogP contribution in [0.1, 0.15) is 19.8 Å². The number of aryl methyl sites for hydroxylation is 1. The number of fused-ring (bicyclic) bond motifs is 1. The number of benzene rings is 2. The first kappa shape index (κ1) is 21.3. The molecule has 3 aromatic rings. The molecule has 30 heavy (non-hydrogen) atoms. The lowest BCUT2D eigenvalue weighted by atomic mass is 10.2. The van der Waals surface area contributed by atoms with Crippen molar-refractivity contribution >= 4 is 38.2 Å². The minimum atomic E-state index is -3.38. The molecule has 1 amide bonds. The van der Waals surface area contributed by atoms with E-state index in [1.807, 2.05) is 0 Å². The Morgan fingerprint density at radius 2 is 1.70 bits per heavy atom. The number of amides is 1. The third kappa shape index (κ3) is 5.15. The molecular weight excluding hydrogens is 408 g/mol. The van der Waals surface area contributed by atoms with Crippen LogP contribution in [0, 0.1) is 0 Å².